The minimum Gasteiger partial charge on any atom is -0.373 e. The molecule has 0 saturated carbocycles. The second-order valence-corrected chi connectivity index (χ2v) is 6.34. The molecule has 5 nitrogen and oxygen atoms in total. The molecule has 1 aromatic carbocycles. The van der Waals surface area contributed by atoms with Gasteiger partial charge in [0.15, 0.2) is 0 Å². The van der Waals surface area contributed by atoms with Gasteiger partial charge in [-0.05, 0) is 18.4 Å². The lowest BCUT2D eigenvalue weighted by Crippen LogP contribution is -2.45. The molecule has 0 spiro atoms. The van der Waals surface area contributed by atoms with E-state index in [1.54, 1.807) is 16.8 Å². The van der Waals surface area contributed by atoms with Crippen LogP contribution in [-0.4, -0.2) is 30.2 Å². The van der Waals surface area contributed by atoms with E-state index in [9.17, 15) is 4.79 Å². The van der Waals surface area contributed by atoms with Crippen molar-refractivity contribution in [2.75, 3.05) is 13.2 Å². The lowest BCUT2D eigenvalue weighted by atomic mass is 9.97. The normalized spacial score (nSPS) is 20.9. The van der Waals surface area contributed by atoms with Gasteiger partial charge in [-0.2, -0.15) is 0 Å². The van der Waals surface area contributed by atoms with Crippen molar-refractivity contribution in [3.8, 4) is 0 Å². The van der Waals surface area contributed by atoms with Gasteiger partial charge in [-0.3, -0.25) is 0 Å². The average molecular weight is 331 g/mol. The maximum Gasteiger partial charge on any atom is 0.315 e. The largest absolute Gasteiger partial charge is 0.373 e. The predicted molar refractivity (Wildman–Crippen MR) is 90.5 cm³/mol. The maximum absolute atomic E-state index is 12.0. The third kappa shape index (κ3) is 4.77. The van der Waals surface area contributed by atoms with Gasteiger partial charge in [-0.25, -0.2) is 9.78 Å². The van der Waals surface area contributed by atoms with E-state index in [1.807, 2.05) is 23.6 Å². The van der Waals surface area contributed by atoms with Crippen LogP contribution in [0.15, 0.2) is 41.2 Å². The van der Waals surface area contributed by atoms with Crippen molar-refractivity contribution in [2.45, 2.75) is 31.4 Å². The highest BCUT2D eigenvalue weighted by Gasteiger charge is 2.24. The number of rotatable bonds is 5. The van der Waals surface area contributed by atoms with Gasteiger partial charge in [0.25, 0.3) is 0 Å². The summed E-state index contributed by atoms with van der Waals surface area (Å²) in [6, 6.07) is 10.2. The summed E-state index contributed by atoms with van der Waals surface area (Å²) >= 11 is 1.57. The Labute approximate surface area is 140 Å². The lowest BCUT2D eigenvalue weighted by Gasteiger charge is -2.30. The van der Waals surface area contributed by atoms with E-state index < -0.39 is 0 Å². The standard InChI is InChI=1S/C17H21N3O2S/c21-17(18-8-6-15-11-23-12-19-15)20-14-7-9-22-16(10-14)13-4-2-1-3-5-13/h1-5,11-12,14,16H,6-10H2,(H2,18,20,21)/t14-,16-/m0/s1. The van der Waals surface area contributed by atoms with Crippen LogP contribution in [-0.2, 0) is 11.2 Å². The molecule has 1 aliphatic rings. The highest BCUT2D eigenvalue weighted by molar-refractivity contribution is 7.07. The molecular formula is C17H21N3O2S. The number of carbonyl (C=O) groups excluding carboxylic acids is 1. The van der Waals surface area contributed by atoms with Gasteiger partial charge in [0, 0.05) is 31.0 Å². The first-order chi connectivity index (χ1) is 11.3. The zero-order chi connectivity index (χ0) is 15.9. The molecule has 2 atom stereocenters. The van der Waals surface area contributed by atoms with E-state index in [1.165, 1.54) is 5.56 Å². The third-order valence-electron chi connectivity index (χ3n) is 3.94. The minimum absolute atomic E-state index is 0.0604. The fraction of sp³-hybridized carbons (Fsp3) is 0.412. The number of thiazole rings is 1. The quantitative estimate of drug-likeness (QED) is 0.885. The molecule has 23 heavy (non-hydrogen) atoms. The van der Waals surface area contributed by atoms with Gasteiger partial charge in [0.05, 0.1) is 17.3 Å². The Bertz CT molecular complexity index is 604. The number of hydrogen-bond acceptors (Lipinski definition) is 4. The van der Waals surface area contributed by atoms with E-state index in [0.717, 1.165) is 25.0 Å². The van der Waals surface area contributed by atoms with Crippen LogP contribution in [0.3, 0.4) is 0 Å². The molecule has 2 N–H and O–H groups in total. The molecule has 0 unspecified atom stereocenters. The number of urea groups is 1. The van der Waals surface area contributed by atoms with Crippen LogP contribution >= 0.6 is 11.3 Å². The number of nitrogens with one attached hydrogen (secondary N) is 2. The number of benzene rings is 1. The highest BCUT2D eigenvalue weighted by atomic mass is 32.1. The SMILES string of the molecule is O=C(NCCc1cscn1)N[C@H]1CCO[C@H](c2ccccc2)C1. The molecule has 3 rings (SSSR count). The molecule has 0 aliphatic carbocycles. The van der Waals surface area contributed by atoms with Gasteiger partial charge >= 0.3 is 6.03 Å². The van der Waals surface area contributed by atoms with Crippen molar-refractivity contribution in [3.05, 3.63) is 52.5 Å². The van der Waals surface area contributed by atoms with Gasteiger partial charge in [-0.1, -0.05) is 30.3 Å². The summed E-state index contributed by atoms with van der Waals surface area (Å²) in [6.45, 7) is 1.27. The zero-order valence-electron chi connectivity index (χ0n) is 12.9. The zero-order valence-corrected chi connectivity index (χ0v) is 13.7. The van der Waals surface area contributed by atoms with E-state index in [-0.39, 0.29) is 18.2 Å². The summed E-state index contributed by atoms with van der Waals surface area (Å²) in [4.78, 5) is 16.2. The van der Waals surface area contributed by atoms with Crippen molar-refractivity contribution in [1.82, 2.24) is 15.6 Å². The van der Waals surface area contributed by atoms with Crippen LogP contribution in [0.1, 0.15) is 30.2 Å². The van der Waals surface area contributed by atoms with Gasteiger partial charge in [-0.15, -0.1) is 11.3 Å². The number of carbonyl (C=O) groups is 1. The Kier molecular flexibility index (Phi) is 5.60. The van der Waals surface area contributed by atoms with Crippen molar-refractivity contribution in [1.29, 1.82) is 0 Å². The first-order valence-corrected chi connectivity index (χ1v) is 8.83. The molecule has 2 aromatic rings. The number of amides is 2. The molecular weight excluding hydrogens is 310 g/mol. The molecule has 2 amide bonds. The molecule has 1 saturated heterocycles. The fourth-order valence-electron chi connectivity index (χ4n) is 2.73. The number of nitrogens with zero attached hydrogens (tertiary/aromatic N) is 1. The number of aromatic nitrogens is 1. The van der Waals surface area contributed by atoms with Crippen LogP contribution in [0.25, 0.3) is 0 Å². The summed E-state index contributed by atoms with van der Waals surface area (Å²) in [7, 11) is 0. The predicted octanol–water partition coefficient (Wildman–Crippen LogP) is 2.91. The van der Waals surface area contributed by atoms with E-state index in [4.69, 9.17) is 4.74 Å². The van der Waals surface area contributed by atoms with Gasteiger partial charge in [0.1, 0.15) is 0 Å². The summed E-state index contributed by atoms with van der Waals surface area (Å²) in [6.07, 6.45) is 2.48. The average Bonchev–Trinajstić information content (AvgIpc) is 3.09. The number of ether oxygens (including phenoxy) is 1. The molecule has 0 radical (unpaired) electrons. The monoisotopic (exact) mass is 331 g/mol. The molecule has 2 heterocycles. The summed E-state index contributed by atoms with van der Waals surface area (Å²) in [5.41, 5.74) is 4.00. The van der Waals surface area contributed by atoms with Crippen molar-refractivity contribution in [2.24, 2.45) is 0 Å². The van der Waals surface area contributed by atoms with Gasteiger partial charge < -0.3 is 15.4 Å². The Morgan fingerprint density at radius 3 is 3.00 bits per heavy atom. The van der Waals surface area contributed by atoms with Crippen LogP contribution < -0.4 is 10.6 Å². The first-order valence-electron chi connectivity index (χ1n) is 7.89. The van der Waals surface area contributed by atoms with Gasteiger partial charge in [0.2, 0.25) is 0 Å². The van der Waals surface area contributed by atoms with Crippen LogP contribution in [0, 0.1) is 0 Å². The smallest absolute Gasteiger partial charge is 0.315 e. The molecule has 0 bridgehead atoms. The highest BCUT2D eigenvalue weighted by Crippen LogP contribution is 2.27. The Balaban J connectivity index is 1.43. The summed E-state index contributed by atoms with van der Waals surface area (Å²) in [5, 5.41) is 7.95. The van der Waals surface area contributed by atoms with Crippen LogP contribution in [0.4, 0.5) is 4.79 Å². The van der Waals surface area contributed by atoms with E-state index in [0.29, 0.717) is 13.2 Å². The summed E-state index contributed by atoms with van der Waals surface area (Å²) in [5.74, 6) is 0. The van der Waals surface area contributed by atoms with E-state index in [2.05, 4.69) is 27.8 Å². The molecule has 122 valence electrons. The topological polar surface area (TPSA) is 63.2 Å². The lowest BCUT2D eigenvalue weighted by molar-refractivity contribution is 0.00227. The number of hydrogen-bond donors (Lipinski definition) is 2. The summed E-state index contributed by atoms with van der Waals surface area (Å²) < 4.78 is 5.83. The second kappa shape index (κ2) is 8.08. The molecule has 1 aromatic heterocycles. The van der Waals surface area contributed by atoms with Crippen molar-refractivity contribution >= 4 is 17.4 Å². The Morgan fingerprint density at radius 2 is 2.22 bits per heavy atom. The first kappa shape index (κ1) is 16.0. The third-order valence-corrected chi connectivity index (χ3v) is 4.58. The maximum atomic E-state index is 12.0. The molecule has 6 heteroatoms. The fourth-order valence-corrected chi connectivity index (χ4v) is 3.32. The van der Waals surface area contributed by atoms with E-state index >= 15 is 0 Å². The van der Waals surface area contributed by atoms with Crippen LogP contribution in [0.5, 0.6) is 0 Å². The second-order valence-electron chi connectivity index (χ2n) is 5.62. The van der Waals surface area contributed by atoms with Crippen molar-refractivity contribution in [3.63, 3.8) is 0 Å². The molecule has 1 aliphatic heterocycles. The van der Waals surface area contributed by atoms with Crippen molar-refractivity contribution < 1.29 is 9.53 Å². The Hall–Kier alpha value is -1.92. The van der Waals surface area contributed by atoms with Crippen LogP contribution in [0.2, 0.25) is 0 Å². The minimum atomic E-state index is -0.112. The Morgan fingerprint density at radius 1 is 1.35 bits per heavy atom. The molecule has 1 fully saturated rings.